The first kappa shape index (κ1) is 26.1. The number of methoxy groups -OCH3 is 2. The molecule has 1 N–H and O–H groups in total. The molecule has 4 rings (SSSR count). The smallest absolute Gasteiger partial charge is 0.343 e. The molecule has 1 saturated heterocycles. The first-order chi connectivity index (χ1) is 17.7. The fourth-order valence-electron chi connectivity index (χ4n) is 3.52. The Morgan fingerprint density at radius 3 is 2.32 bits per heavy atom. The molecule has 1 heterocycles. The molecule has 37 heavy (non-hydrogen) atoms. The van der Waals surface area contributed by atoms with E-state index in [4.69, 9.17) is 14.2 Å². The van der Waals surface area contributed by atoms with Gasteiger partial charge in [0.2, 0.25) is 0 Å². The normalized spacial score (nSPS) is 14.4. The Bertz CT molecular complexity index is 1450. The van der Waals surface area contributed by atoms with Gasteiger partial charge in [-0.2, -0.15) is 0 Å². The molecule has 1 aliphatic rings. The molecule has 4 amide bonds. The minimum atomic E-state index is -0.918. The summed E-state index contributed by atoms with van der Waals surface area (Å²) in [5.41, 5.74) is 0.300. The van der Waals surface area contributed by atoms with Gasteiger partial charge in [-0.05, 0) is 70.5 Å². The summed E-state index contributed by atoms with van der Waals surface area (Å²) in [7, 11) is 2.91. The summed E-state index contributed by atoms with van der Waals surface area (Å²) in [6.45, 7) is 0. The molecular formula is C26H18Br2N2O7. The molecule has 0 saturated carbocycles. The third-order valence-electron chi connectivity index (χ3n) is 5.29. The van der Waals surface area contributed by atoms with Crippen molar-refractivity contribution in [1.29, 1.82) is 0 Å². The van der Waals surface area contributed by atoms with Crippen molar-refractivity contribution in [3.05, 3.63) is 86.3 Å². The number of hydrogen-bond acceptors (Lipinski definition) is 7. The molecule has 3 aromatic rings. The van der Waals surface area contributed by atoms with Crippen molar-refractivity contribution in [2.75, 3.05) is 19.1 Å². The van der Waals surface area contributed by atoms with Crippen LogP contribution in [-0.2, 0) is 9.59 Å². The lowest BCUT2D eigenvalue weighted by atomic mass is 10.1. The van der Waals surface area contributed by atoms with Crippen LogP contribution >= 0.6 is 31.9 Å². The first-order valence-corrected chi connectivity index (χ1v) is 12.2. The lowest BCUT2D eigenvalue weighted by molar-refractivity contribution is -0.122. The summed E-state index contributed by atoms with van der Waals surface area (Å²) in [5.74, 6) is -1.54. The van der Waals surface area contributed by atoms with Gasteiger partial charge in [-0.25, -0.2) is 14.5 Å². The highest BCUT2D eigenvalue weighted by atomic mass is 79.9. The van der Waals surface area contributed by atoms with Gasteiger partial charge in [-0.15, -0.1) is 0 Å². The third-order valence-corrected chi connectivity index (χ3v) is 6.33. The van der Waals surface area contributed by atoms with Crippen molar-refractivity contribution in [3.63, 3.8) is 0 Å². The number of para-hydroxylation sites is 2. The van der Waals surface area contributed by atoms with Crippen LogP contribution in [0.15, 0.2) is 75.2 Å². The number of benzene rings is 3. The van der Waals surface area contributed by atoms with Crippen LogP contribution in [0.25, 0.3) is 6.08 Å². The fourth-order valence-corrected chi connectivity index (χ4v) is 4.86. The van der Waals surface area contributed by atoms with Crippen LogP contribution in [0.3, 0.4) is 0 Å². The van der Waals surface area contributed by atoms with Crippen LogP contribution in [0.4, 0.5) is 10.5 Å². The number of carbonyl (C=O) groups is 4. The van der Waals surface area contributed by atoms with Crippen molar-refractivity contribution in [2.45, 2.75) is 0 Å². The van der Waals surface area contributed by atoms with E-state index >= 15 is 0 Å². The van der Waals surface area contributed by atoms with E-state index in [9.17, 15) is 19.2 Å². The number of carbonyl (C=O) groups excluding carboxylic acids is 4. The first-order valence-electron chi connectivity index (χ1n) is 10.6. The number of rotatable bonds is 6. The molecule has 0 spiro atoms. The lowest BCUT2D eigenvalue weighted by Gasteiger charge is -2.27. The van der Waals surface area contributed by atoms with E-state index in [-0.39, 0.29) is 33.9 Å². The fraction of sp³-hybridized carbons (Fsp3) is 0.0769. The third kappa shape index (κ3) is 5.42. The van der Waals surface area contributed by atoms with Gasteiger partial charge in [-0.1, -0.05) is 28.1 Å². The van der Waals surface area contributed by atoms with Crippen molar-refractivity contribution in [2.24, 2.45) is 0 Å². The van der Waals surface area contributed by atoms with Gasteiger partial charge in [-0.3, -0.25) is 14.9 Å². The highest BCUT2D eigenvalue weighted by Gasteiger charge is 2.38. The van der Waals surface area contributed by atoms with Gasteiger partial charge in [0.15, 0.2) is 5.75 Å². The number of nitrogens with one attached hydrogen (secondary N) is 1. The quantitative estimate of drug-likeness (QED) is 0.174. The van der Waals surface area contributed by atoms with E-state index in [1.165, 1.54) is 26.4 Å². The molecule has 3 aromatic carbocycles. The van der Waals surface area contributed by atoms with Crippen LogP contribution in [-0.4, -0.2) is 38.0 Å². The van der Waals surface area contributed by atoms with E-state index in [1.807, 2.05) is 0 Å². The van der Waals surface area contributed by atoms with Gasteiger partial charge in [0.05, 0.1) is 29.9 Å². The van der Waals surface area contributed by atoms with Crippen molar-refractivity contribution >= 4 is 67.4 Å². The molecule has 0 radical (unpaired) electrons. The number of hydrogen-bond donors (Lipinski definition) is 1. The Kier molecular flexibility index (Phi) is 7.74. The summed E-state index contributed by atoms with van der Waals surface area (Å²) in [5, 5.41) is 2.17. The number of halogens is 2. The van der Waals surface area contributed by atoms with E-state index < -0.39 is 23.8 Å². The maximum atomic E-state index is 13.4. The molecule has 9 nitrogen and oxygen atoms in total. The van der Waals surface area contributed by atoms with Crippen LogP contribution in [0.5, 0.6) is 17.2 Å². The van der Waals surface area contributed by atoms with E-state index in [1.54, 1.807) is 54.6 Å². The summed E-state index contributed by atoms with van der Waals surface area (Å²) in [6, 6.07) is 15.0. The van der Waals surface area contributed by atoms with Crippen molar-refractivity contribution < 1.29 is 33.4 Å². The molecule has 1 aliphatic heterocycles. The van der Waals surface area contributed by atoms with Gasteiger partial charge in [0, 0.05) is 10.0 Å². The highest BCUT2D eigenvalue weighted by molar-refractivity contribution is 9.11. The number of esters is 1. The monoisotopic (exact) mass is 628 g/mol. The largest absolute Gasteiger partial charge is 0.497 e. The molecule has 0 unspecified atom stereocenters. The minimum Gasteiger partial charge on any atom is -0.497 e. The zero-order valence-corrected chi connectivity index (χ0v) is 22.6. The topological polar surface area (TPSA) is 111 Å². The molecule has 188 valence electrons. The molecular weight excluding hydrogens is 612 g/mol. The predicted molar refractivity (Wildman–Crippen MR) is 142 cm³/mol. The summed E-state index contributed by atoms with van der Waals surface area (Å²) in [6.07, 6.45) is 1.25. The number of imide groups is 2. The standard InChI is InChI=1S/C26H18Br2N2O7/c1-35-17-9-7-14(8-10-17)25(33)37-22-15(11-16(27)13-19(22)28)12-18-23(31)29-26(34)30(24(18)32)20-5-3-4-6-21(20)36-2/h3-13H,1-2H3,(H,29,31,34)/b18-12-. The SMILES string of the molecule is COc1ccc(C(=O)Oc2c(Br)cc(Br)cc2/C=C2/C(=O)NC(=O)N(c3ccccc3OC)C2=O)cc1. The molecule has 0 atom stereocenters. The zero-order chi connectivity index (χ0) is 26.7. The second kappa shape index (κ2) is 11.0. The molecule has 0 bridgehead atoms. The van der Waals surface area contributed by atoms with Crippen molar-refractivity contribution in [3.8, 4) is 17.2 Å². The number of barbiturate groups is 1. The van der Waals surface area contributed by atoms with Crippen LogP contribution < -0.4 is 24.4 Å². The number of urea groups is 1. The summed E-state index contributed by atoms with van der Waals surface area (Å²) >= 11 is 6.74. The molecule has 11 heteroatoms. The second-order valence-corrected chi connectivity index (χ2v) is 9.32. The average molecular weight is 630 g/mol. The summed E-state index contributed by atoms with van der Waals surface area (Å²) < 4.78 is 17.0. The number of amides is 4. The molecule has 0 aromatic heterocycles. The predicted octanol–water partition coefficient (Wildman–Crippen LogP) is 5.11. The van der Waals surface area contributed by atoms with Gasteiger partial charge in [0.25, 0.3) is 11.8 Å². The van der Waals surface area contributed by atoms with Gasteiger partial charge >= 0.3 is 12.0 Å². The Balaban J connectivity index is 1.75. The van der Waals surface area contributed by atoms with Crippen LogP contribution in [0.1, 0.15) is 15.9 Å². The summed E-state index contributed by atoms with van der Waals surface area (Å²) in [4.78, 5) is 52.4. The molecule has 0 aliphatic carbocycles. The Morgan fingerprint density at radius 2 is 1.65 bits per heavy atom. The number of nitrogens with zero attached hydrogens (tertiary/aromatic N) is 1. The van der Waals surface area contributed by atoms with E-state index in [0.717, 1.165) is 4.90 Å². The Morgan fingerprint density at radius 1 is 0.946 bits per heavy atom. The van der Waals surface area contributed by atoms with Crippen molar-refractivity contribution in [1.82, 2.24) is 5.32 Å². The lowest BCUT2D eigenvalue weighted by Crippen LogP contribution is -2.54. The maximum Gasteiger partial charge on any atom is 0.343 e. The van der Waals surface area contributed by atoms with Crippen LogP contribution in [0.2, 0.25) is 0 Å². The minimum absolute atomic E-state index is 0.0675. The van der Waals surface area contributed by atoms with Gasteiger partial charge < -0.3 is 14.2 Å². The Hall–Kier alpha value is -3.96. The maximum absolute atomic E-state index is 13.4. The number of ether oxygens (including phenoxy) is 3. The van der Waals surface area contributed by atoms with Gasteiger partial charge in [0.1, 0.15) is 17.1 Å². The van der Waals surface area contributed by atoms with E-state index in [2.05, 4.69) is 37.2 Å². The number of anilines is 1. The second-order valence-electron chi connectivity index (χ2n) is 7.55. The zero-order valence-electron chi connectivity index (χ0n) is 19.4. The Labute approximate surface area is 228 Å². The highest BCUT2D eigenvalue weighted by Crippen LogP contribution is 2.36. The van der Waals surface area contributed by atoms with Crippen LogP contribution in [0, 0.1) is 0 Å². The molecule has 1 fully saturated rings. The van der Waals surface area contributed by atoms with E-state index in [0.29, 0.717) is 14.7 Å². The average Bonchev–Trinajstić information content (AvgIpc) is 2.88.